The van der Waals surface area contributed by atoms with E-state index in [9.17, 15) is 4.79 Å². The third-order valence-electron chi connectivity index (χ3n) is 2.24. The Balaban J connectivity index is 2.08. The van der Waals surface area contributed by atoms with Crippen molar-refractivity contribution in [3.05, 3.63) is 41.5 Å². The van der Waals surface area contributed by atoms with Crippen molar-refractivity contribution in [3.63, 3.8) is 0 Å². The number of cyclic esters (lactones) is 1. The van der Waals surface area contributed by atoms with Gasteiger partial charge >= 0.3 is 5.97 Å². The molecule has 2 heteroatoms. The molecule has 2 nitrogen and oxygen atoms in total. The highest BCUT2D eigenvalue weighted by atomic mass is 16.5. The van der Waals surface area contributed by atoms with Crippen LogP contribution in [0.2, 0.25) is 0 Å². The molecular weight excluding hydrogens is 176 g/mol. The van der Waals surface area contributed by atoms with Gasteiger partial charge in [-0.15, -0.1) is 0 Å². The second kappa shape index (κ2) is 4.09. The van der Waals surface area contributed by atoms with Gasteiger partial charge in [0, 0.05) is 6.42 Å². The monoisotopic (exact) mass is 188 g/mol. The average Bonchev–Trinajstić information content (AvgIpc) is 2.23. The predicted molar refractivity (Wildman–Crippen MR) is 54.6 cm³/mol. The SMILES string of the molecule is O=C1CC/C(=C/c2ccccc2)CO1. The summed E-state index contributed by atoms with van der Waals surface area (Å²) in [6, 6.07) is 10.1. The van der Waals surface area contributed by atoms with Gasteiger partial charge in [0.15, 0.2) is 0 Å². The Kier molecular flexibility index (Phi) is 2.63. The van der Waals surface area contributed by atoms with E-state index in [-0.39, 0.29) is 5.97 Å². The van der Waals surface area contributed by atoms with E-state index in [0.29, 0.717) is 13.0 Å². The molecule has 0 atom stereocenters. The lowest BCUT2D eigenvalue weighted by Crippen LogP contribution is -2.14. The minimum Gasteiger partial charge on any atom is -0.461 e. The molecule has 1 aromatic rings. The highest BCUT2D eigenvalue weighted by Crippen LogP contribution is 2.16. The first-order valence-corrected chi connectivity index (χ1v) is 4.75. The predicted octanol–water partition coefficient (Wildman–Crippen LogP) is 2.41. The number of ether oxygens (including phenoxy) is 1. The van der Waals surface area contributed by atoms with Gasteiger partial charge in [0.25, 0.3) is 0 Å². The van der Waals surface area contributed by atoms with Crippen LogP contribution in [0.4, 0.5) is 0 Å². The lowest BCUT2D eigenvalue weighted by atomic mass is 10.1. The molecule has 0 radical (unpaired) electrons. The number of hydrogen-bond donors (Lipinski definition) is 0. The van der Waals surface area contributed by atoms with Gasteiger partial charge in [-0.25, -0.2) is 0 Å². The van der Waals surface area contributed by atoms with Gasteiger partial charge in [0.1, 0.15) is 6.61 Å². The van der Waals surface area contributed by atoms with Crippen LogP contribution in [0.25, 0.3) is 6.08 Å². The van der Waals surface area contributed by atoms with Crippen molar-refractivity contribution in [1.29, 1.82) is 0 Å². The van der Waals surface area contributed by atoms with E-state index in [1.807, 2.05) is 30.3 Å². The third-order valence-corrected chi connectivity index (χ3v) is 2.24. The van der Waals surface area contributed by atoms with Crippen LogP contribution in [0.15, 0.2) is 35.9 Å². The van der Waals surface area contributed by atoms with Crippen LogP contribution < -0.4 is 0 Å². The van der Waals surface area contributed by atoms with Crippen LogP contribution >= 0.6 is 0 Å². The van der Waals surface area contributed by atoms with E-state index in [1.54, 1.807) is 0 Å². The molecule has 14 heavy (non-hydrogen) atoms. The van der Waals surface area contributed by atoms with Crippen molar-refractivity contribution in [2.45, 2.75) is 12.8 Å². The zero-order valence-corrected chi connectivity index (χ0v) is 7.90. The van der Waals surface area contributed by atoms with Gasteiger partial charge in [-0.3, -0.25) is 4.79 Å². The summed E-state index contributed by atoms with van der Waals surface area (Å²) in [4.78, 5) is 10.8. The van der Waals surface area contributed by atoms with E-state index in [4.69, 9.17) is 4.74 Å². The molecular formula is C12H12O2. The maximum atomic E-state index is 10.8. The van der Waals surface area contributed by atoms with E-state index in [2.05, 4.69) is 6.08 Å². The van der Waals surface area contributed by atoms with Crippen molar-refractivity contribution in [2.24, 2.45) is 0 Å². The second-order valence-electron chi connectivity index (χ2n) is 3.37. The molecule has 0 unspecified atom stereocenters. The van der Waals surface area contributed by atoms with E-state index >= 15 is 0 Å². The lowest BCUT2D eigenvalue weighted by Gasteiger charge is -2.14. The second-order valence-corrected chi connectivity index (χ2v) is 3.37. The summed E-state index contributed by atoms with van der Waals surface area (Å²) < 4.78 is 4.96. The molecule has 0 amide bonds. The van der Waals surface area contributed by atoms with E-state index in [1.165, 1.54) is 11.1 Å². The number of benzene rings is 1. The number of carbonyl (C=O) groups is 1. The van der Waals surface area contributed by atoms with Crippen LogP contribution in [0.5, 0.6) is 0 Å². The van der Waals surface area contributed by atoms with Gasteiger partial charge in [0.2, 0.25) is 0 Å². The Morgan fingerprint density at radius 1 is 1.14 bits per heavy atom. The first-order valence-electron chi connectivity index (χ1n) is 4.75. The molecule has 72 valence electrons. The Bertz CT molecular complexity index is 340. The molecule has 1 aliphatic rings. The Morgan fingerprint density at radius 2 is 1.93 bits per heavy atom. The number of carbonyl (C=O) groups excluding carboxylic acids is 1. The molecule has 1 heterocycles. The molecule has 1 saturated heterocycles. The zero-order chi connectivity index (χ0) is 9.80. The van der Waals surface area contributed by atoms with Crippen LogP contribution in [0, 0.1) is 0 Å². The largest absolute Gasteiger partial charge is 0.461 e. The molecule has 0 N–H and O–H groups in total. The molecule has 0 spiro atoms. The molecule has 2 rings (SSSR count). The Morgan fingerprint density at radius 3 is 2.57 bits per heavy atom. The summed E-state index contributed by atoms with van der Waals surface area (Å²) in [5.74, 6) is -0.0878. The first-order chi connectivity index (χ1) is 6.84. The van der Waals surface area contributed by atoms with Gasteiger partial charge in [-0.1, -0.05) is 36.4 Å². The number of rotatable bonds is 1. The minimum absolute atomic E-state index is 0.0878. The molecule has 0 aromatic heterocycles. The van der Waals surface area contributed by atoms with Crippen molar-refractivity contribution in [1.82, 2.24) is 0 Å². The fourth-order valence-electron chi connectivity index (χ4n) is 1.48. The Labute approximate surface area is 83.2 Å². The highest BCUT2D eigenvalue weighted by molar-refractivity contribution is 5.72. The van der Waals surface area contributed by atoms with Gasteiger partial charge < -0.3 is 4.74 Å². The van der Waals surface area contributed by atoms with Crippen molar-refractivity contribution in [3.8, 4) is 0 Å². The molecule has 0 bridgehead atoms. The fourth-order valence-corrected chi connectivity index (χ4v) is 1.48. The molecule has 1 aromatic carbocycles. The number of hydrogen-bond acceptors (Lipinski definition) is 2. The maximum Gasteiger partial charge on any atom is 0.306 e. The summed E-state index contributed by atoms with van der Waals surface area (Å²) in [5.41, 5.74) is 2.36. The van der Waals surface area contributed by atoms with Crippen LogP contribution in [-0.2, 0) is 9.53 Å². The van der Waals surface area contributed by atoms with Gasteiger partial charge in [0.05, 0.1) is 0 Å². The summed E-state index contributed by atoms with van der Waals surface area (Å²) in [5, 5.41) is 0. The normalized spacial score (nSPS) is 19.4. The third kappa shape index (κ3) is 2.22. The van der Waals surface area contributed by atoms with Crippen LogP contribution in [0.3, 0.4) is 0 Å². The smallest absolute Gasteiger partial charge is 0.306 e. The summed E-state index contributed by atoms with van der Waals surface area (Å²) in [6.45, 7) is 0.452. The topological polar surface area (TPSA) is 26.3 Å². The lowest BCUT2D eigenvalue weighted by molar-refractivity contribution is -0.144. The van der Waals surface area contributed by atoms with Gasteiger partial charge in [-0.2, -0.15) is 0 Å². The molecule has 1 aliphatic heterocycles. The molecule has 0 saturated carbocycles. The first kappa shape index (κ1) is 9.00. The van der Waals surface area contributed by atoms with Crippen LogP contribution in [-0.4, -0.2) is 12.6 Å². The number of esters is 1. The summed E-state index contributed by atoms with van der Waals surface area (Å²) in [7, 11) is 0. The Hall–Kier alpha value is -1.57. The van der Waals surface area contributed by atoms with E-state index < -0.39 is 0 Å². The summed E-state index contributed by atoms with van der Waals surface area (Å²) in [6.07, 6.45) is 3.43. The van der Waals surface area contributed by atoms with Gasteiger partial charge in [-0.05, 0) is 17.6 Å². The molecule has 1 fully saturated rings. The van der Waals surface area contributed by atoms with Crippen molar-refractivity contribution < 1.29 is 9.53 Å². The molecule has 0 aliphatic carbocycles. The average molecular weight is 188 g/mol. The van der Waals surface area contributed by atoms with E-state index in [0.717, 1.165) is 6.42 Å². The highest BCUT2D eigenvalue weighted by Gasteiger charge is 2.12. The quantitative estimate of drug-likeness (QED) is 0.632. The van der Waals surface area contributed by atoms with Crippen LogP contribution in [0.1, 0.15) is 18.4 Å². The fraction of sp³-hybridized carbons (Fsp3) is 0.250. The van der Waals surface area contributed by atoms with Crippen molar-refractivity contribution >= 4 is 12.0 Å². The minimum atomic E-state index is -0.0878. The zero-order valence-electron chi connectivity index (χ0n) is 7.90. The maximum absolute atomic E-state index is 10.8. The summed E-state index contributed by atoms with van der Waals surface area (Å²) >= 11 is 0. The van der Waals surface area contributed by atoms with Crippen molar-refractivity contribution in [2.75, 3.05) is 6.61 Å². The standard InChI is InChI=1S/C12H12O2/c13-12-7-6-11(9-14-12)8-10-4-2-1-3-5-10/h1-5,8H,6-7,9H2/b11-8-.